The molecule has 0 aliphatic carbocycles. The van der Waals surface area contributed by atoms with Crippen molar-refractivity contribution >= 4 is 29.3 Å². The zero-order chi connectivity index (χ0) is 22.5. The number of fused-ring (bicyclic) bond motifs is 1. The summed E-state index contributed by atoms with van der Waals surface area (Å²) in [4.78, 5) is 33.7. The third-order valence-electron chi connectivity index (χ3n) is 6.49. The molecule has 2 amide bonds. The van der Waals surface area contributed by atoms with Gasteiger partial charge in [-0.3, -0.25) is 14.5 Å². The number of hydrogen-bond acceptors (Lipinski definition) is 5. The molecule has 1 saturated heterocycles. The molecule has 0 bridgehead atoms. The van der Waals surface area contributed by atoms with Crippen LogP contribution in [-0.2, 0) is 11.3 Å². The van der Waals surface area contributed by atoms with Crippen molar-refractivity contribution < 1.29 is 9.59 Å². The molecule has 2 aromatic rings. The number of carbonyl (C=O) groups excluding carboxylic acids is 2. The minimum absolute atomic E-state index is 0.0451. The van der Waals surface area contributed by atoms with Crippen LogP contribution in [0.4, 0.5) is 5.69 Å². The van der Waals surface area contributed by atoms with Gasteiger partial charge in [-0.05, 0) is 62.9 Å². The van der Waals surface area contributed by atoms with E-state index in [9.17, 15) is 9.59 Å². The Morgan fingerprint density at radius 2 is 1.91 bits per heavy atom. The molecule has 2 atom stereocenters. The van der Waals surface area contributed by atoms with Gasteiger partial charge in [-0.25, -0.2) is 4.98 Å². The Bertz CT molecular complexity index is 939. The first-order chi connectivity index (χ1) is 15.5. The molecule has 0 spiro atoms. The molecule has 1 N–H and O–H groups in total. The quantitative estimate of drug-likeness (QED) is 0.641. The number of likely N-dealkylation sites (tertiary alicyclic amines) is 1. The maximum atomic E-state index is 12.5. The lowest BCUT2D eigenvalue weighted by atomic mass is 9.97. The van der Waals surface area contributed by atoms with Crippen LogP contribution in [0.15, 0.2) is 47.6 Å². The van der Waals surface area contributed by atoms with Crippen LogP contribution in [0.1, 0.15) is 55.5 Å². The van der Waals surface area contributed by atoms with Crippen molar-refractivity contribution in [1.29, 1.82) is 0 Å². The monoisotopic (exact) mass is 452 g/mol. The summed E-state index contributed by atoms with van der Waals surface area (Å²) in [6.45, 7) is 6.80. The molecule has 0 saturated carbocycles. The van der Waals surface area contributed by atoms with E-state index in [0.717, 1.165) is 29.2 Å². The highest BCUT2D eigenvalue weighted by Gasteiger charge is 2.26. The van der Waals surface area contributed by atoms with Crippen LogP contribution in [0.2, 0.25) is 0 Å². The summed E-state index contributed by atoms with van der Waals surface area (Å²) in [5.74, 6) is 0.436. The predicted molar refractivity (Wildman–Crippen MR) is 129 cm³/mol. The molecule has 6 nitrogen and oxygen atoms in total. The number of thioether (sulfide) groups is 1. The standard InChI is InChI=1S/C25H32N4O2S/c1-18-6-3-7-19(2)28(18)15-5-14-26-24(31)21-11-9-20(10-12-21)16-29-22-8-4-13-27-25(22)32-17-23(29)30/h4,8-13,18-19H,3,5-7,14-17H2,1-2H3,(H,26,31)/t18-,19+. The van der Waals surface area contributed by atoms with E-state index in [-0.39, 0.29) is 11.8 Å². The number of hydrogen-bond donors (Lipinski definition) is 1. The van der Waals surface area contributed by atoms with Crippen molar-refractivity contribution in [3.8, 4) is 0 Å². The zero-order valence-corrected chi connectivity index (χ0v) is 19.7. The number of amides is 2. The Kier molecular flexibility index (Phi) is 7.48. The summed E-state index contributed by atoms with van der Waals surface area (Å²) in [5.41, 5.74) is 2.49. The Hall–Kier alpha value is -2.38. The molecule has 0 radical (unpaired) electrons. The number of nitrogens with zero attached hydrogens (tertiary/aromatic N) is 3. The molecule has 2 aliphatic rings. The Balaban J connectivity index is 1.28. The van der Waals surface area contributed by atoms with Crippen molar-refractivity contribution in [3.05, 3.63) is 53.7 Å². The molecule has 3 heterocycles. The number of anilines is 1. The molecule has 1 aromatic carbocycles. The van der Waals surface area contributed by atoms with Crippen molar-refractivity contribution in [3.63, 3.8) is 0 Å². The number of nitrogens with one attached hydrogen (secondary N) is 1. The summed E-state index contributed by atoms with van der Waals surface area (Å²) in [6, 6.07) is 12.6. The van der Waals surface area contributed by atoms with Crippen LogP contribution < -0.4 is 10.2 Å². The lowest BCUT2D eigenvalue weighted by Gasteiger charge is -2.39. The Labute approximate surface area is 194 Å². The first kappa shape index (κ1) is 22.8. The van der Waals surface area contributed by atoms with Gasteiger partial charge in [0.25, 0.3) is 5.91 Å². The highest BCUT2D eigenvalue weighted by molar-refractivity contribution is 8.00. The molecule has 170 valence electrons. The average molecular weight is 453 g/mol. The molecule has 1 fully saturated rings. The van der Waals surface area contributed by atoms with E-state index in [1.165, 1.54) is 31.0 Å². The number of benzene rings is 1. The second-order valence-corrected chi connectivity index (χ2v) is 9.73. The summed E-state index contributed by atoms with van der Waals surface area (Å²) >= 11 is 1.48. The number of aromatic nitrogens is 1. The normalized spacial score (nSPS) is 21.3. The van der Waals surface area contributed by atoms with E-state index in [4.69, 9.17) is 0 Å². The van der Waals surface area contributed by atoms with Crippen LogP contribution in [0.25, 0.3) is 0 Å². The van der Waals surface area contributed by atoms with Gasteiger partial charge in [0.15, 0.2) is 0 Å². The van der Waals surface area contributed by atoms with E-state index in [1.54, 1.807) is 11.1 Å². The lowest BCUT2D eigenvalue weighted by molar-refractivity contribution is -0.116. The van der Waals surface area contributed by atoms with Gasteiger partial charge in [0.05, 0.1) is 18.0 Å². The second-order valence-electron chi connectivity index (χ2n) is 8.77. The van der Waals surface area contributed by atoms with E-state index in [1.807, 2.05) is 36.4 Å². The van der Waals surface area contributed by atoms with Gasteiger partial charge < -0.3 is 10.2 Å². The minimum atomic E-state index is -0.0451. The van der Waals surface area contributed by atoms with Gasteiger partial charge in [0.1, 0.15) is 5.03 Å². The summed E-state index contributed by atoms with van der Waals surface area (Å²) in [7, 11) is 0. The molecule has 2 aliphatic heterocycles. The van der Waals surface area contributed by atoms with Crippen LogP contribution in [0, 0.1) is 0 Å². The van der Waals surface area contributed by atoms with E-state index in [2.05, 4.69) is 29.0 Å². The van der Waals surface area contributed by atoms with Gasteiger partial charge in [-0.1, -0.05) is 30.3 Å². The van der Waals surface area contributed by atoms with Gasteiger partial charge in [-0.15, -0.1) is 0 Å². The Morgan fingerprint density at radius 3 is 2.66 bits per heavy atom. The third kappa shape index (κ3) is 5.33. The fraction of sp³-hybridized carbons (Fsp3) is 0.480. The topological polar surface area (TPSA) is 65.5 Å². The highest BCUT2D eigenvalue weighted by atomic mass is 32.2. The largest absolute Gasteiger partial charge is 0.352 e. The smallest absolute Gasteiger partial charge is 0.251 e. The van der Waals surface area contributed by atoms with Gasteiger partial charge in [-0.2, -0.15) is 0 Å². The molecule has 4 rings (SSSR count). The highest BCUT2D eigenvalue weighted by Crippen LogP contribution is 2.34. The molecule has 32 heavy (non-hydrogen) atoms. The summed E-state index contributed by atoms with van der Waals surface area (Å²) < 4.78 is 0. The predicted octanol–water partition coefficient (Wildman–Crippen LogP) is 4.10. The molecule has 0 unspecified atom stereocenters. The SMILES string of the molecule is C[C@@H]1CCC[C@H](C)N1CCCNC(=O)c1ccc(CN2C(=O)CSc3ncccc32)cc1. The fourth-order valence-electron chi connectivity index (χ4n) is 4.64. The molecular weight excluding hydrogens is 420 g/mol. The Morgan fingerprint density at radius 1 is 1.16 bits per heavy atom. The van der Waals surface area contributed by atoms with Crippen LogP contribution >= 0.6 is 11.8 Å². The van der Waals surface area contributed by atoms with Crippen molar-refractivity contribution in [1.82, 2.24) is 15.2 Å². The van der Waals surface area contributed by atoms with Gasteiger partial charge >= 0.3 is 0 Å². The van der Waals surface area contributed by atoms with E-state index >= 15 is 0 Å². The van der Waals surface area contributed by atoms with Crippen LogP contribution in [0.5, 0.6) is 0 Å². The second kappa shape index (κ2) is 10.5. The first-order valence-electron chi connectivity index (χ1n) is 11.5. The van der Waals surface area contributed by atoms with Gasteiger partial charge in [0, 0.05) is 36.9 Å². The zero-order valence-electron chi connectivity index (χ0n) is 18.9. The fourth-order valence-corrected chi connectivity index (χ4v) is 5.52. The number of pyridine rings is 1. The maximum Gasteiger partial charge on any atom is 0.251 e. The molecule has 1 aromatic heterocycles. The van der Waals surface area contributed by atoms with E-state index in [0.29, 0.717) is 36.5 Å². The van der Waals surface area contributed by atoms with Gasteiger partial charge in [0.2, 0.25) is 5.91 Å². The number of piperidine rings is 1. The third-order valence-corrected chi connectivity index (χ3v) is 7.47. The first-order valence-corrected chi connectivity index (χ1v) is 12.5. The minimum Gasteiger partial charge on any atom is -0.352 e. The maximum absolute atomic E-state index is 12.5. The average Bonchev–Trinajstić information content (AvgIpc) is 2.80. The van der Waals surface area contributed by atoms with Crippen LogP contribution in [0.3, 0.4) is 0 Å². The van der Waals surface area contributed by atoms with Crippen molar-refractivity contribution in [2.24, 2.45) is 0 Å². The summed E-state index contributed by atoms with van der Waals surface area (Å²) in [6.07, 6.45) is 6.57. The van der Waals surface area contributed by atoms with Crippen LogP contribution in [-0.4, -0.2) is 52.6 Å². The lowest BCUT2D eigenvalue weighted by Crippen LogP contribution is -2.44. The molecule has 7 heteroatoms. The van der Waals surface area contributed by atoms with Crippen molar-refractivity contribution in [2.45, 2.75) is 63.2 Å². The number of carbonyl (C=O) groups is 2. The van der Waals surface area contributed by atoms with Crippen molar-refractivity contribution in [2.75, 3.05) is 23.7 Å². The summed E-state index contributed by atoms with van der Waals surface area (Å²) in [5, 5.41) is 3.93. The molecular formula is C25H32N4O2S. The van der Waals surface area contributed by atoms with E-state index < -0.39 is 0 Å². The number of rotatable bonds is 7.